The fourth-order valence-electron chi connectivity index (χ4n) is 7.10. The third-order valence-corrected chi connectivity index (χ3v) is 9.96. The van der Waals surface area contributed by atoms with Crippen LogP contribution in [0.15, 0.2) is 154 Å². The third-order valence-electron chi connectivity index (χ3n) is 9.96. The fourth-order valence-corrected chi connectivity index (χ4v) is 7.10. The Kier molecular flexibility index (Phi) is 12.3. The van der Waals surface area contributed by atoms with Gasteiger partial charge in [0, 0.05) is 41.0 Å². The summed E-state index contributed by atoms with van der Waals surface area (Å²) in [7, 11) is 0. The summed E-state index contributed by atoms with van der Waals surface area (Å²) in [5.74, 6) is -1.85. The van der Waals surface area contributed by atoms with Gasteiger partial charge in [-0.1, -0.05) is 80.9 Å². The van der Waals surface area contributed by atoms with Gasteiger partial charge >= 0.3 is 17.9 Å². The van der Waals surface area contributed by atoms with Crippen molar-refractivity contribution in [2.75, 3.05) is 5.32 Å². The Morgan fingerprint density at radius 1 is 0.508 bits per heavy atom. The molecule has 0 radical (unpaired) electrons. The van der Waals surface area contributed by atoms with Crippen molar-refractivity contribution in [1.82, 2.24) is 0 Å². The number of hydrogen-bond donors (Lipinski definition) is 1. The number of anilines is 1. The summed E-state index contributed by atoms with van der Waals surface area (Å²) in [6, 6.07) is 33.1. The first-order chi connectivity index (χ1) is 28.3. The van der Waals surface area contributed by atoms with Crippen molar-refractivity contribution in [1.29, 1.82) is 0 Å². The molecular formula is C51H43NO7. The minimum absolute atomic E-state index is 0.312. The number of fused-ring (bicyclic) bond motifs is 1. The molecule has 0 fully saturated rings. The number of amides is 1. The van der Waals surface area contributed by atoms with Gasteiger partial charge in [-0.15, -0.1) is 0 Å². The van der Waals surface area contributed by atoms with Gasteiger partial charge in [-0.2, -0.15) is 0 Å². The average molecular weight is 782 g/mol. The Hall–Kier alpha value is -7.58. The monoisotopic (exact) mass is 781 g/mol. The number of ether oxygens (including phenoxy) is 3. The van der Waals surface area contributed by atoms with Gasteiger partial charge in [0.15, 0.2) is 0 Å². The van der Waals surface area contributed by atoms with E-state index in [1.807, 2.05) is 119 Å². The number of carbonyl (C=O) groups is 4. The maximum atomic E-state index is 13.1. The molecule has 6 rings (SSSR count). The Bertz CT molecular complexity index is 2580. The highest BCUT2D eigenvalue weighted by Gasteiger charge is 2.30. The molecule has 0 saturated carbocycles. The number of benzene rings is 6. The van der Waals surface area contributed by atoms with Crippen LogP contribution in [0.3, 0.4) is 0 Å². The molecule has 0 aliphatic carbocycles. The highest BCUT2D eigenvalue weighted by Crippen LogP contribution is 2.47. The molecule has 0 bridgehead atoms. The first-order valence-corrected chi connectivity index (χ1v) is 18.8. The smallest absolute Gasteiger partial charge is 0.335 e. The Morgan fingerprint density at radius 3 is 1.54 bits per heavy atom. The molecule has 0 aliphatic heterocycles. The van der Waals surface area contributed by atoms with Gasteiger partial charge in [0.2, 0.25) is 5.91 Å². The molecule has 0 heterocycles. The van der Waals surface area contributed by atoms with Crippen LogP contribution in [0.25, 0.3) is 33.0 Å². The largest absolute Gasteiger partial charge is 0.423 e. The number of aryl methyl sites for hydroxylation is 4. The predicted molar refractivity (Wildman–Crippen MR) is 234 cm³/mol. The molecule has 0 spiro atoms. The lowest BCUT2D eigenvalue weighted by Crippen LogP contribution is -2.14. The van der Waals surface area contributed by atoms with E-state index in [4.69, 9.17) is 14.2 Å². The van der Waals surface area contributed by atoms with Crippen LogP contribution in [0, 0.1) is 27.7 Å². The van der Waals surface area contributed by atoms with E-state index in [2.05, 4.69) is 37.7 Å². The molecule has 1 unspecified atom stereocenters. The van der Waals surface area contributed by atoms with Crippen LogP contribution in [0.2, 0.25) is 0 Å². The van der Waals surface area contributed by atoms with E-state index in [1.165, 1.54) is 6.08 Å². The van der Waals surface area contributed by atoms with E-state index in [0.29, 0.717) is 45.2 Å². The van der Waals surface area contributed by atoms with Crippen molar-refractivity contribution in [3.05, 3.63) is 193 Å². The van der Waals surface area contributed by atoms with Crippen LogP contribution in [0.4, 0.5) is 5.69 Å². The molecule has 6 aromatic rings. The molecule has 6 aromatic carbocycles. The van der Waals surface area contributed by atoms with Crippen LogP contribution >= 0.6 is 0 Å². The van der Waals surface area contributed by atoms with Crippen LogP contribution in [-0.4, -0.2) is 23.8 Å². The van der Waals surface area contributed by atoms with Crippen molar-refractivity contribution in [2.24, 2.45) is 0 Å². The van der Waals surface area contributed by atoms with Crippen molar-refractivity contribution in [3.8, 4) is 39.5 Å². The van der Waals surface area contributed by atoms with Crippen molar-refractivity contribution in [3.63, 3.8) is 0 Å². The maximum Gasteiger partial charge on any atom is 0.335 e. The zero-order chi connectivity index (χ0) is 42.4. The summed E-state index contributed by atoms with van der Waals surface area (Å²) in [5, 5.41) is 4.84. The standard InChI is InChI=1S/C51H43NO7/c1-9-45(53)52-43-21-19-36(23-30(43)5)39-25-32(7)50(58-47(55)11-3)41(28-39)49(38-18-17-34-15-13-14-16-35(34)27-38)42-29-40(26-33(8)51(42)59-48(56)12-4)37-20-22-44(31(6)24-37)57-46(54)10-2/h9-29,49H,1-4H2,5-8H3,(H,52,53). The molecule has 1 atom stereocenters. The molecule has 8 heteroatoms. The van der Waals surface area contributed by atoms with E-state index in [1.54, 1.807) is 6.07 Å². The van der Waals surface area contributed by atoms with Gasteiger partial charge in [0.25, 0.3) is 0 Å². The lowest BCUT2D eigenvalue weighted by molar-refractivity contribution is -0.129. The fraction of sp³-hybridized carbons (Fsp3) is 0.0980. The van der Waals surface area contributed by atoms with Crippen molar-refractivity contribution in [2.45, 2.75) is 33.6 Å². The molecular weight excluding hydrogens is 739 g/mol. The van der Waals surface area contributed by atoms with Gasteiger partial charge < -0.3 is 19.5 Å². The average Bonchev–Trinajstić information content (AvgIpc) is 3.23. The Morgan fingerprint density at radius 2 is 1.02 bits per heavy atom. The van der Waals surface area contributed by atoms with E-state index in [9.17, 15) is 19.2 Å². The van der Waals surface area contributed by atoms with Crippen LogP contribution in [0.5, 0.6) is 17.2 Å². The van der Waals surface area contributed by atoms with E-state index < -0.39 is 23.8 Å². The zero-order valence-corrected chi connectivity index (χ0v) is 33.4. The van der Waals surface area contributed by atoms with E-state index >= 15 is 0 Å². The molecule has 1 amide bonds. The second-order valence-electron chi connectivity index (χ2n) is 14.0. The highest BCUT2D eigenvalue weighted by molar-refractivity contribution is 5.99. The van der Waals surface area contributed by atoms with Gasteiger partial charge in [0.1, 0.15) is 17.2 Å². The first kappa shape index (κ1) is 41.1. The second kappa shape index (κ2) is 17.7. The lowest BCUT2D eigenvalue weighted by atomic mass is 9.80. The number of carbonyl (C=O) groups excluding carboxylic acids is 4. The number of hydrogen-bond acceptors (Lipinski definition) is 7. The molecule has 0 aromatic heterocycles. The normalized spacial score (nSPS) is 11.2. The van der Waals surface area contributed by atoms with Crippen LogP contribution < -0.4 is 19.5 Å². The maximum absolute atomic E-state index is 13.1. The summed E-state index contributed by atoms with van der Waals surface area (Å²) in [5.41, 5.74) is 8.81. The second-order valence-corrected chi connectivity index (χ2v) is 14.0. The van der Waals surface area contributed by atoms with Gasteiger partial charge in [-0.05, 0) is 143 Å². The molecule has 59 heavy (non-hydrogen) atoms. The van der Waals surface area contributed by atoms with Crippen LogP contribution in [-0.2, 0) is 19.2 Å². The first-order valence-electron chi connectivity index (χ1n) is 18.8. The van der Waals surface area contributed by atoms with E-state index in [-0.39, 0.29) is 5.91 Å². The lowest BCUT2D eigenvalue weighted by Gasteiger charge is -2.27. The molecule has 294 valence electrons. The topological polar surface area (TPSA) is 108 Å². The number of rotatable bonds is 13. The van der Waals surface area contributed by atoms with E-state index in [0.717, 1.165) is 67.9 Å². The summed E-state index contributed by atoms with van der Waals surface area (Å²) >= 11 is 0. The highest BCUT2D eigenvalue weighted by atomic mass is 16.5. The van der Waals surface area contributed by atoms with Gasteiger partial charge in [-0.25, -0.2) is 14.4 Å². The number of esters is 3. The zero-order valence-electron chi connectivity index (χ0n) is 33.4. The Balaban J connectivity index is 1.68. The summed E-state index contributed by atoms with van der Waals surface area (Å²) in [4.78, 5) is 50.4. The minimum Gasteiger partial charge on any atom is -0.423 e. The summed E-state index contributed by atoms with van der Waals surface area (Å²) in [6.45, 7) is 21.8. The number of nitrogens with one attached hydrogen (secondary N) is 1. The minimum atomic E-state index is -0.696. The quantitative estimate of drug-likeness (QED) is 0.0538. The van der Waals surface area contributed by atoms with Crippen LogP contribution in [0.1, 0.15) is 44.9 Å². The van der Waals surface area contributed by atoms with Gasteiger partial charge in [-0.3, -0.25) is 4.79 Å². The molecule has 1 N–H and O–H groups in total. The van der Waals surface area contributed by atoms with Crippen molar-refractivity contribution < 1.29 is 33.4 Å². The predicted octanol–water partition coefficient (Wildman–Crippen LogP) is 11.0. The SMILES string of the molecule is C=CC(=O)Nc1ccc(-c2cc(C)c(OC(=O)C=C)c(C(c3ccc4ccccc4c3)c3cc(-c4ccc(OC(=O)C=C)c(C)c4)cc(C)c3OC(=O)C=C)c2)cc1C. The Labute approximate surface area is 343 Å². The van der Waals surface area contributed by atoms with Crippen molar-refractivity contribution >= 4 is 40.3 Å². The molecule has 0 saturated heterocycles. The summed E-state index contributed by atoms with van der Waals surface area (Å²) in [6.07, 6.45) is 4.55. The molecule has 8 nitrogen and oxygen atoms in total. The molecule has 0 aliphatic rings. The van der Waals surface area contributed by atoms with Gasteiger partial charge in [0.05, 0.1) is 0 Å². The summed E-state index contributed by atoms with van der Waals surface area (Å²) < 4.78 is 17.6. The third kappa shape index (κ3) is 9.03.